The highest BCUT2D eigenvalue weighted by Gasteiger charge is 2.45. The summed E-state index contributed by atoms with van der Waals surface area (Å²) >= 11 is 7.66. The molecule has 8 heteroatoms. The summed E-state index contributed by atoms with van der Waals surface area (Å²) in [5.41, 5.74) is 15.4. The van der Waals surface area contributed by atoms with Gasteiger partial charge in [0, 0.05) is 30.2 Å². The minimum absolute atomic E-state index is 0.123. The molecule has 1 unspecified atom stereocenters. The first-order valence-electron chi connectivity index (χ1n) is 10.0. The minimum Gasteiger partial charge on any atom is -0.382 e. The maximum Gasteiger partial charge on any atom is 0.147 e. The molecule has 3 heterocycles. The topological polar surface area (TPSA) is 94.0 Å². The molecular formula is C22H23ClN6S. The lowest BCUT2D eigenvalue weighted by Gasteiger charge is -2.42. The number of rotatable bonds is 3. The van der Waals surface area contributed by atoms with E-state index in [0.29, 0.717) is 10.8 Å². The number of halogens is 1. The average molecular weight is 439 g/mol. The van der Waals surface area contributed by atoms with Crippen molar-refractivity contribution in [3.05, 3.63) is 65.1 Å². The van der Waals surface area contributed by atoms with Crippen LogP contribution in [0.25, 0.3) is 0 Å². The molecule has 5 rings (SSSR count). The second kappa shape index (κ2) is 7.72. The maximum absolute atomic E-state index is 6.68. The van der Waals surface area contributed by atoms with Crippen molar-refractivity contribution >= 4 is 35.0 Å². The number of piperidine rings is 1. The second-order valence-electron chi connectivity index (χ2n) is 8.03. The van der Waals surface area contributed by atoms with E-state index in [0.717, 1.165) is 48.1 Å². The third-order valence-corrected chi connectivity index (χ3v) is 7.87. The van der Waals surface area contributed by atoms with Gasteiger partial charge in [-0.2, -0.15) is 0 Å². The summed E-state index contributed by atoms with van der Waals surface area (Å²) in [6.07, 6.45) is 8.46. The molecule has 0 bridgehead atoms. The van der Waals surface area contributed by atoms with E-state index in [1.807, 2.05) is 12.3 Å². The van der Waals surface area contributed by atoms with Crippen molar-refractivity contribution in [1.82, 2.24) is 15.0 Å². The zero-order chi connectivity index (χ0) is 20.7. The van der Waals surface area contributed by atoms with Crippen LogP contribution < -0.4 is 16.4 Å². The molecule has 3 aromatic rings. The average Bonchev–Trinajstić information content (AvgIpc) is 3.04. The molecule has 1 atom stereocenters. The molecule has 1 aliphatic heterocycles. The van der Waals surface area contributed by atoms with E-state index in [-0.39, 0.29) is 11.5 Å². The Balaban J connectivity index is 1.26. The van der Waals surface area contributed by atoms with Gasteiger partial charge in [-0.1, -0.05) is 47.6 Å². The van der Waals surface area contributed by atoms with Crippen LogP contribution in [0.3, 0.4) is 0 Å². The summed E-state index contributed by atoms with van der Waals surface area (Å²) in [6.45, 7) is 1.88. The Labute approximate surface area is 185 Å². The molecule has 6 nitrogen and oxygen atoms in total. The Morgan fingerprint density at radius 3 is 2.60 bits per heavy atom. The molecule has 2 aliphatic rings. The van der Waals surface area contributed by atoms with E-state index >= 15 is 0 Å². The van der Waals surface area contributed by atoms with E-state index in [9.17, 15) is 0 Å². The summed E-state index contributed by atoms with van der Waals surface area (Å²) in [5.74, 6) is 1.22. The van der Waals surface area contributed by atoms with Gasteiger partial charge in [-0.25, -0.2) is 15.0 Å². The standard InChI is InChI=1S/C22H23ClN6S/c23-19-16(5-8-26-21(19)25)30-18-13-27-17(12-28-18)29-9-6-22(7-10-29)11-14-3-1-2-4-15(14)20(22)24/h1-5,8,12-13,20H,6-7,9-11,24H2,(H2,25,26). The van der Waals surface area contributed by atoms with Crippen LogP contribution in [-0.4, -0.2) is 28.0 Å². The Morgan fingerprint density at radius 1 is 1.07 bits per heavy atom. The molecular weight excluding hydrogens is 416 g/mol. The van der Waals surface area contributed by atoms with E-state index in [4.69, 9.17) is 23.1 Å². The molecule has 4 N–H and O–H groups in total. The summed E-state index contributed by atoms with van der Waals surface area (Å²) in [7, 11) is 0. The van der Waals surface area contributed by atoms with Crippen molar-refractivity contribution < 1.29 is 0 Å². The van der Waals surface area contributed by atoms with Gasteiger partial charge >= 0.3 is 0 Å². The zero-order valence-electron chi connectivity index (χ0n) is 16.5. The highest BCUT2D eigenvalue weighted by Crippen LogP contribution is 2.50. The number of benzene rings is 1. The Hall–Kier alpha value is -2.35. The minimum atomic E-state index is 0.123. The highest BCUT2D eigenvalue weighted by atomic mass is 35.5. The Kier molecular flexibility index (Phi) is 5.05. The summed E-state index contributed by atoms with van der Waals surface area (Å²) in [6, 6.07) is 10.6. The van der Waals surface area contributed by atoms with Gasteiger partial charge in [-0.05, 0) is 41.9 Å². The molecule has 0 radical (unpaired) electrons. The van der Waals surface area contributed by atoms with Crippen molar-refractivity contribution in [1.29, 1.82) is 0 Å². The number of anilines is 2. The van der Waals surface area contributed by atoms with Gasteiger partial charge in [0.1, 0.15) is 16.7 Å². The molecule has 1 spiro atoms. The van der Waals surface area contributed by atoms with Crippen LogP contribution in [0, 0.1) is 5.41 Å². The number of hydrogen-bond acceptors (Lipinski definition) is 7. The fraction of sp³-hybridized carbons (Fsp3) is 0.318. The van der Waals surface area contributed by atoms with Crippen LogP contribution in [-0.2, 0) is 6.42 Å². The molecule has 1 fully saturated rings. The van der Waals surface area contributed by atoms with Crippen LogP contribution in [0.1, 0.15) is 30.0 Å². The molecule has 2 aromatic heterocycles. The third-order valence-electron chi connectivity index (χ3n) is 6.39. The molecule has 0 amide bonds. The first-order valence-corrected chi connectivity index (χ1v) is 11.2. The van der Waals surface area contributed by atoms with E-state index in [1.165, 1.54) is 22.9 Å². The van der Waals surface area contributed by atoms with Crippen molar-refractivity contribution in [2.45, 2.75) is 35.2 Å². The summed E-state index contributed by atoms with van der Waals surface area (Å²) in [5, 5.41) is 1.22. The SMILES string of the molecule is Nc1nccc(Sc2cnc(N3CCC4(CC3)Cc3ccccc3C4N)cn2)c1Cl. The highest BCUT2D eigenvalue weighted by molar-refractivity contribution is 7.99. The number of nitrogen functional groups attached to an aromatic ring is 1. The molecule has 1 aliphatic carbocycles. The lowest BCUT2D eigenvalue weighted by molar-refractivity contribution is 0.187. The van der Waals surface area contributed by atoms with Crippen LogP contribution >= 0.6 is 23.4 Å². The number of hydrogen-bond donors (Lipinski definition) is 2. The van der Waals surface area contributed by atoms with Gasteiger partial charge in [0.05, 0.1) is 17.4 Å². The first-order chi connectivity index (χ1) is 14.6. The number of aromatic nitrogens is 3. The summed E-state index contributed by atoms with van der Waals surface area (Å²) in [4.78, 5) is 16.3. The van der Waals surface area contributed by atoms with E-state index in [1.54, 1.807) is 12.4 Å². The van der Waals surface area contributed by atoms with Gasteiger partial charge < -0.3 is 16.4 Å². The lowest BCUT2D eigenvalue weighted by Crippen LogP contribution is -2.44. The van der Waals surface area contributed by atoms with Crippen LogP contribution in [0.2, 0.25) is 5.02 Å². The second-order valence-corrected chi connectivity index (χ2v) is 9.47. The Morgan fingerprint density at radius 2 is 1.87 bits per heavy atom. The van der Waals surface area contributed by atoms with E-state index in [2.05, 4.69) is 44.1 Å². The van der Waals surface area contributed by atoms with Gasteiger partial charge in [0.25, 0.3) is 0 Å². The van der Waals surface area contributed by atoms with Gasteiger partial charge in [-0.15, -0.1) is 0 Å². The first kappa shape index (κ1) is 19.6. The van der Waals surface area contributed by atoms with E-state index < -0.39 is 0 Å². The number of fused-ring (bicyclic) bond motifs is 1. The fourth-order valence-corrected chi connectivity index (χ4v) is 5.63. The number of nitrogens with two attached hydrogens (primary N) is 2. The summed E-state index contributed by atoms with van der Waals surface area (Å²) < 4.78 is 0. The van der Waals surface area contributed by atoms with Gasteiger partial charge in [-0.3, -0.25) is 0 Å². The zero-order valence-corrected chi connectivity index (χ0v) is 18.0. The lowest BCUT2D eigenvalue weighted by atomic mass is 9.73. The van der Waals surface area contributed by atoms with Crippen LogP contribution in [0.4, 0.5) is 11.6 Å². The molecule has 1 aromatic carbocycles. The maximum atomic E-state index is 6.68. The quantitative estimate of drug-likeness (QED) is 0.635. The Bertz CT molecular complexity index is 1070. The van der Waals surface area contributed by atoms with Gasteiger partial charge in [0.2, 0.25) is 0 Å². The molecule has 30 heavy (non-hydrogen) atoms. The smallest absolute Gasteiger partial charge is 0.147 e. The predicted octanol–water partition coefficient (Wildman–Crippen LogP) is 4.10. The number of pyridine rings is 1. The predicted molar refractivity (Wildman–Crippen MR) is 121 cm³/mol. The van der Waals surface area contributed by atoms with Crippen LogP contribution in [0.5, 0.6) is 0 Å². The van der Waals surface area contributed by atoms with Crippen LogP contribution in [0.15, 0.2) is 58.8 Å². The molecule has 0 saturated carbocycles. The molecule has 1 saturated heterocycles. The largest absolute Gasteiger partial charge is 0.382 e. The monoisotopic (exact) mass is 438 g/mol. The van der Waals surface area contributed by atoms with Crippen molar-refractivity contribution in [2.75, 3.05) is 23.7 Å². The molecule has 154 valence electrons. The number of nitrogens with zero attached hydrogens (tertiary/aromatic N) is 4. The third kappa shape index (κ3) is 3.41. The fourth-order valence-electron chi connectivity index (χ4n) is 4.64. The van der Waals surface area contributed by atoms with Gasteiger partial charge in [0.15, 0.2) is 0 Å². The van der Waals surface area contributed by atoms with Crippen molar-refractivity contribution in [2.24, 2.45) is 11.1 Å². The van der Waals surface area contributed by atoms with Crippen molar-refractivity contribution in [3.63, 3.8) is 0 Å². The normalized spacial score (nSPS) is 19.8. The van der Waals surface area contributed by atoms with Crippen molar-refractivity contribution in [3.8, 4) is 0 Å².